The van der Waals surface area contributed by atoms with Gasteiger partial charge < -0.3 is 14.8 Å². The molecule has 1 heterocycles. The maximum absolute atomic E-state index is 12.7. The van der Waals surface area contributed by atoms with Crippen molar-refractivity contribution >= 4 is 28.9 Å². The Morgan fingerprint density at radius 1 is 1.03 bits per heavy atom. The molecule has 0 aliphatic heterocycles. The molecule has 3 rings (SSSR count). The highest BCUT2D eigenvalue weighted by atomic mass is 32.1. The molecule has 1 N–H and O–H groups in total. The second kappa shape index (κ2) is 9.39. The summed E-state index contributed by atoms with van der Waals surface area (Å²) >= 11 is 1.30. The van der Waals surface area contributed by atoms with Gasteiger partial charge in [0, 0.05) is 10.4 Å². The summed E-state index contributed by atoms with van der Waals surface area (Å²) in [5.41, 5.74) is 1.89. The van der Waals surface area contributed by atoms with Crippen LogP contribution in [0.15, 0.2) is 60.7 Å². The molecule has 1 amide bonds. The summed E-state index contributed by atoms with van der Waals surface area (Å²) in [6, 6.07) is 18.4. The number of anilines is 1. The molecule has 29 heavy (non-hydrogen) atoms. The number of hydrogen-bond acceptors (Lipinski definition) is 5. The van der Waals surface area contributed by atoms with E-state index in [1.807, 2.05) is 44.2 Å². The van der Waals surface area contributed by atoms with Crippen molar-refractivity contribution in [3.63, 3.8) is 0 Å². The van der Waals surface area contributed by atoms with E-state index >= 15 is 0 Å². The van der Waals surface area contributed by atoms with Crippen LogP contribution in [0.2, 0.25) is 0 Å². The van der Waals surface area contributed by atoms with Crippen molar-refractivity contribution < 1.29 is 19.1 Å². The zero-order chi connectivity index (χ0) is 20.8. The standard InChI is InChI=1S/C23H23NO4S/c1-4-27-23(26)21-19(14-20(29-21)16-8-6-5-7-9-16)24-22(25)17-10-12-18(13-11-17)28-15(2)3/h5-15H,4H2,1-3H3,(H,24,25). The first-order valence-corrected chi connectivity index (χ1v) is 10.2. The Kier molecular flexibility index (Phi) is 6.67. The van der Waals surface area contributed by atoms with Gasteiger partial charge in [0.05, 0.1) is 18.4 Å². The number of thiophene rings is 1. The van der Waals surface area contributed by atoms with Crippen molar-refractivity contribution in [1.29, 1.82) is 0 Å². The molecule has 0 aliphatic carbocycles. The number of esters is 1. The third kappa shape index (κ3) is 5.23. The van der Waals surface area contributed by atoms with E-state index in [-0.39, 0.29) is 18.6 Å². The van der Waals surface area contributed by atoms with E-state index in [1.54, 1.807) is 37.3 Å². The number of benzene rings is 2. The van der Waals surface area contributed by atoms with Crippen molar-refractivity contribution in [1.82, 2.24) is 0 Å². The Hall–Kier alpha value is -3.12. The zero-order valence-corrected chi connectivity index (χ0v) is 17.4. The Labute approximate surface area is 174 Å². The van der Waals surface area contributed by atoms with Crippen LogP contribution in [0.4, 0.5) is 5.69 Å². The number of ether oxygens (including phenoxy) is 2. The lowest BCUT2D eigenvalue weighted by Crippen LogP contribution is -2.14. The van der Waals surface area contributed by atoms with Crippen molar-refractivity contribution in [3.8, 4) is 16.2 Å². The highest BCUT2D eigenvalue weighted by molar-refractivity contribution is 7.18. The average molecular weight is 410 g/mol. The third-order valence-corrected chi connectivity index (χ3v) is 5.15. The predicted octanol–water partition coefficient (Wildman–Crippen LogP) is 5.63. The molecule has 0 spiro atoms. The number of carbonyl (C=O) groups excluding carboxylic acids is 2. The number of amides is 1. The summed E-state index contributed by atoms with van der Waals surface area (Å²) in [6.07, 6.45) is 0.0593. The molecular formula is C23H23NO4S. The molecule has 0 fully saturated rings. The van der Waals surface area contributed by atoms with Gasteiger partial charge in [0.15, 0.2) is 0 Å². The molecule has 150 valence electrons. The molecule has 3 aromatic rings. The van der Waals surface area contributed by atoms with E-state index in [0.29, 0.717) is 21.9 Å². The molecule has 5 nitrogen and oxygen atoms in total. The molecule has 0 aliphatic rings. The maximum Gasteiger partial charge on any atom is 0.350 e. The lowest BCUT2D eigenvalue weighted by molar-refractivity contribution is 0.0533. The van der Waals surface area contributed by atoms with E-state index < -0.39 is 5.97 Å². The van der Waals surface area contributed by atoms with E-state index in [4.69, 9.17) is 9.47 Å². The predicted molar refractivity (Wildman–Crippen MR) is 116 cm³/mol. The highest BCUT2D eigenvalue weighted by Crippen LogP contribution is 2.35. The molecule has 0 saturated carbocycles. The first-order valence-electron chi connectivity index (χ1n) is 9.42. The average Bonchev–Trinajstić information content (AvgIpc) is 3.13. The van der Waals surface area contributed by atoms with E-state index in [2.05, 4.69) is 5.32 Å². The Morgan fingerprint density at radius 3 is 2.34 bits per heavy atom. The van der Waals surface area contributed by atoms with E-state index in [1.165, 1.54) is 11.3 Å². The van der Waals surface area contributed by atoms with Crippen LogP contribution in [-0.2, 0) is 4.74 Å². The molecule has 1 aromatic heterocycles. The first-order chi connectivity index (χ1) is 14.0. The van der Waals surface area contributed by atoms with Gasteiger partial charge in [-0.05, 0) is 56.7 Å². The fourth-order valence-corrected chi connectivity index (χ4v) is 3.74. The minimum Gasteiger partial charge on any atom is -0.491 e. The number of rotatable bonds is 7. The molecular weight excluding hydrogens is 386 g/mol. The summed E-state index contributed by atoms with van der Waals surface area (Å²) in [5, 5.41) is 2.85. The maximum atomic E-state index is 12.7. The summed E-state index contributed by atoms with van der Waals surface area (Å²) < 4.78 is 10.8. The monoisotopic (exact) mass is 409 g/mol. The minimum atomic E-state index is -0.448. The van der Waals surface area contributed by atoms with Gasteiger partial charge in [-0.1, -0.05) is 30.3 Å². The molecule has 2 aromatic carbocycles. The van der Waals surface area contributed by atoms with Crippen LogP contribution >= 0.6 is 11.3 Å². The first kappa shape index (κ1) is 20.6. The Balaban J connectivity index is 1.85. The van der Waals surface area contributed by atoms with Crippen LogP contribution in [0.1, 0.15) is 40.8 Å². The van der Waals surface area contributed by atoms with Gasteiger partial charge in [0.1, 0.15) is 10.6 Å². The summed E-state index contributed by atoms with van der Waals surface area (Å²) in [5.74, 6) is -0.0506. The zero-order valence-electron chi connectivity index (χ0n) is 16.6. The topological polar surface area (TPSA) is 64.6 Å². The molecule has 0 bridgehead atoms. The Morgan fingerprint density at radius 2 is 1.72 bits per heavy atom. The van der Waals surface area contributed by atoms with Crippen molar-refractivity contribution in [2.75, 3.05) is 11.9 Å². The fraction of sp³-hybridized carbons (Fsp3) is 0.217. The highest BCUT2D eigenvalue weighted by Gasteiger charge is 2.20. The molecule has 0 unspecified atom stereocenters. The molecule has 0 saturated heterocycles. The summed E-state index contributed by atoms with van der Waals surface area (Å²) in [7, 11) is 0. The van der Waals surface area contributed by atoms with Crippen LogP contribution in [0.3, 0.4) is 0 Å². The van der Waals surface area contributed by atoms with Crippen molar-refractivity contribution in [2.45, 2.75) is 26.9 Å². The largest absolute Gasteiger partial charge is 0.491 e. The minimum absolute atomic E-state index is 0.0593. The van der Waals surface area contributed by atoms with Crippen LogP contribution < -0.4 is 10.1 Å². The van der Waals surface area contributed by atoms with Crippen LogP contribution in [0.25, 0.3) is 10.4 Å². The van der Waals surface area contributed by atoms with Gasteiger partial charge in [-0.3, -0.25) is 4.79 Å². The summed E-state index contributed by atoms with van der Waals surface area (Å²) in [4.78, 5) is 26.4. The molecule has 0 atom stereocenters. The Bertz CT molecular complexity index is 978. The lowest BCUT2D eigenvalue weighted by Gasteiger charge is -2.10. The van der Waals surface area contributed by atoms with Crippen LogP contribution in [0.5, 0.6) is 5.75 Å². The number of nitrogens with one attached hydrogen (secondary N) is 1. The van der Waals surface area contributed by atoms with Gasteiger partial charge in [0.2, 0.25) is 0 Å². The van der Waals surface area contributed by atoms with Gasteiger partial charge in [-0.25, -0.2) is 4.79 Å². The van der Waals surface area contributed by atoms with Gasteiger partial charge >= 0.3 is 5.97 Å². The van der Waals surface area contributed by atoms with Gasteiger partial charge in [-0.15, -0.1) is 11.3 Å². The SMILES string of the molecule is CCOC(=O)c1sc(-c2ccccc2)cc1NC(=O)c1ccc(OC(C)C)cc1. The smallest absolute Gasteiger partial charge is 0.350 e. The van der Waals surface area contributed by atoms with Crippen molar-refractivity contribution in [3.05, 3.63) is 71.1 Å². The van der Waals surface area contributed by atoms with Gasteiger partial charge in [0.25, 0.3) is 5.91 Å². The molecule has 6 heteroatoms. The lowest BCUT2D eigenvalue weighted by atomic mass is 10.1. The van der Waals surface area contributed by atoms with E-state index in [0.717, 1.165) is 10.4 Å². The number of hydrogen-bond donors (Lipinski definition) is 1. The van der Waals surface area contributed by atoms with Crippen LogP contribution in [-0.4, -0.2) is 24.6 Å². The quantitative estimate of drug-likeness (QED) is 0.514. The fourth-order valence-electron chi connectivity index (χ4n) is 2.73. The second-order valence-corrected chi connectivity index (χ2v) is 7.64. The molecule has 0 radical (unpaired) electrons. The second-order valence-electron chi connectivity index (χ2n) is 6.59. The normalized spacial score (nSPS) is 10.6. The summed E-state index contributed by atoms with van der Waals surface area (Å²) in [6.45, 7) is 5.90. The van der Waals surface area contributed by atoms with E-state index in [9.17, 15) is 9.59 Å². The van der Waals surface area contributed by atoms with Crippen molar-refractivity contribution in [2.24, 2.45) is 0 Å². The third-order valence-electron chi connectivity index (χ3n) is 3.99. The van der Waals surface area contributed by atoms with Crippen LogP contribution in [0, 0.1) is 0 Å². The van der Waals surface area contributed by atoms with Gasteiger partial charge in [-0.2, -0.15) is 0 Å². The number of carbonyl (C=O) groups is 2.